The summed E-state index contributed by atoms with van der Waals surface area (Å²) in [5.41, 5.74) is 5.97. The van der Waals surface area contributed by atoms with Gasteiger partial charge in [-0.05, 0) is 49.6 Å². The van der Waals surface area contributed by atoms with E-state index in [-0.39, 0.29) is 18.7 Å². The summed E-state index contributed by atoms with van der Waals surface area (Å²) in [6.07, 6.45) is 1.56. The van der Waals surface area contributed by atoms with Gasteiger partial charge in [-0.25, -0.2) is 4.68 Å². The molecule has 6 heteroatoms. The highest BCUT2D eigenvalue weighted by Gasteiger charge is 2.17. The summed E-state index contributed by atoms with van der Waals surface area (Å²) in [5.74, 6) is -1.47. The van der Waals surface area contributed by atoms with E-state index < -0.39 is 5.97 Å². The Morgan fingerprint density at radius 1 is 1.03 bits per heavy atom. The van der Waals surface area contributed by atoms with Gasteiger partial charge < -0.3 is 14.8 Å². The fourth-order valence-corrected chi connectivity index (χ4v) is 3.11. The molecule has 0 aliphatic carbocycles. The number of aryl methyl sites for hydroxylation is 2. The predicted molar refractivity (Wildman–Crippen MR) is 109 cm³/mol. The van der Waals surface area contributed by atoms with E-state index in [9.17, 15) is 14.7 Å². The maximum atomic E-state index is 12.3. The zero-order chi connectivity index (χ0) is 21.0. The lowest BCUT2D eigenvalue weighted by Gasteiger charge is -2.17. The van der Waals surface area contributed by atoms with Gasteiger partial charge in [-0.15, -0.1) is 0 Å². The number of para-hydroxylation sites is 1. The lowest BCUT2D eigenvalue weighted by atomic mass is 10.0. The molecule has 1 amide bonds. The highest BCUT2D eigenvalue weighted by Crippen LogP contribution is 2.26. The normalized spacial score (nSPS) is 10.7. The molecular weight excluding hydrogens is 366 g/mol. The Morgan fingerprint density at radius 2 is 1.76 bits per heavy atom. The molecule has 0 aliphatic rings. The van der Waals surface area contributed by atoms with E-state index in [0.29, 0.717) is 6.54 Å². The lowest BCUT2D eigenvalue weighted by molar-refractivity contribution is -0.305. The van der Waals surface area contributed by atoms with Gasteiger partial charge in [0.2, 0.25) is 5.91 Å². The maximum absolute atomic E-state index is 12.3. The van der Waals surface area contributed by atoms with Crippen molar-refractivity contribution in [3.63, 3.8) is 0 Å². The van der Waals surface area contributed by atoms with Crippen molar-refractivity contribution in [2.75, 3.05) is 7.05 Å². The van der Waals surface area contributed by atoms with Crippen molar-refractivity contribution in [2.45, 2.75) is 33.2 Å². The largest absolute Gasteiger partial charge is 0.550 e. The van der Waals surface area contributed by atoms with Gasteiger partial charge in [0.1, 0.15) is 0 Å². The Morgan fingerprint density at radius 3 is 2.41 bits per heavy atom. The monoisotopic (exact) mass is 390 g/mol. The lowest BCUT2D eigenvalue weighted by Crippen LogP contribution is -2.29. The fraction of sp³-hybridized carbons (Fsp3) is 0.261. The minimum atomic E-state index is -1.22. The van der Waals surface area contributed by atoms with Crippen molar-refractivity contribution in [2.24, 2.45) is 0 Å². The number of benzene rings is 2. The Labute approximate surface area is 170 Å². The number of hydrogen-bond acceptors (Lipinski definition) is 4. The van der Waals surface area contributed by atoms with Crippen molar-refractivity contribution in [3.05, 3.63) is 71.4 Å². The molecule has 6 nitrogen and oxygen atoms in total. The van der Waals surface area contributed by atoms with Crippen LogP contribution < -0.4 is 5.11 Å². The molecule has 0 radical (unpaired) electrons. The van der Waals surface area contributed by atoms with E-state index in [4.69, 9.17) is 5.10 Å². The van der Waals surface area contributed by atoms with Crippen molar-refractivity contribution in [3.8, 4) is 16.9 Å². The first-order valence-corrected chi connectivity index (χ1v) is 9.50. The van der Waals surface area contributed by atoms with Gasteiger partial charge in [0.25, 0.3) is 0 Å². The van der Waals surface area contributed by atoms with Crippen molar-refractivity contribution in [1.82, 2.24) is 14.7 Å². The summed E-state index contributed by atoms with van der Waals surface area (Å²) in [4.78, 5) is 24.5. The van der Waals surface area contributed by atoms with Crippen LogP contribution in [0.5, 0.6) is 0 Å². The number of amides is 1. The molecule has 0 saturated carbocycles. The third kappa shape index (κ3) is 4.90. The van der Waals surface area contributed by atoms with Crippen LogP contribution in [-0.4, -0.2) is 33.6 Å². The van der Waals surface area contributed by atoms with E-state index in [1.54, 1.807) is 11.7 Å². The summed E-state index contributed by atoms with van der Waals surface area (Å²) >= 11 is 0. The molecule has 2 aromatic carbocycles. The molecule has 3 aromatic rings. The summed E-state index contributed by atoms with van der Waals surface area (Å²) in [6.45, 7) is 4.45. The molecule has 150 valence electrons. The van der Waals surface area contributed by atoms with Crippen molar-refractivity contribution < 1.29 is 14.7 Å². The van der Waals surface area contributed by atoms with Crippen LogP contribution in [0.3, 0.4) is 0 Å². The molecule has 0 spiro atoms. The minimum Gasteiger partial charge on any atom is -0.550 e. The molecular formula is C23H24N3O3-. The third-order valence-electron chi connectivity index (χ3n) is 4.97. The van der Waals surface area contributed by atoms with E-state index in [1.165, 1.54) is 16.0 Å². The van der Waals surface area contributed by atoms with Crippen molar-refractivity contribution in [1.29, 1.82) is 0 Å². The average Bonchev–Trinajstić information content (AvgIpc) is 3.12. The smallest absolute Gasteiger partial charge is 0.222 e. The molecule has 0 atom stereocenters. The number of carbonyl (C=O) groups excluding carboxylic acids is 2. The van der Waals surface area contributed by atoms with Crippen LogP contribution in [0.15, 0.2) is 54.7 Å². The van der Waals surface area contributed by atoms with Gasteiger partial charge in [-0.3, -0.25) is 4.79 Å². The molecule has 0 saturated heterocycles. The summed E-state index contributed by atoms with van der Waals surface area (Å²) in [7, 11) is 1.67. The number of hydrogen-bond donors (Lipinski definition) is 0. The van der Waals surface area contributed by atoms with E-state index in [0.717, 1.165) is 22.5 Å². The van der Waals surface area contributed by atoms with Crippen LogP contribution in [0.2, 0.25) is 0 Å². The molecule has 0 aliphatic heterocycles. The van der Waals surface area contributed by atoms with Crippen molar-refractivity contribution >= 4 is 11.9 Å². The number of nitrogens with zero attached hydrogens (tertiary/aromatic N) is 3. The number of rotatable bonds is 7. The fourth-order valence-electron chi connectivity index (χ4n) is 3.11. The Bertz CT molecular complexity index is 1030. The zero-order valence-corrected chi connectivity index (χ0v) is 16.9. The third-order valence-corrected chi connectivity index (χ3v) is 4.97. The van der Waals surface area contributed by atoms with E-state index in [2.05, 4.69) is 26.0 Å². The number of carbonyl (C=O) groups is 2. The number of aliphatic carboxylic acids is 1. The van der Waals surface area contributed by atoms with Crippen LogP contribution in [0.1, 0.15) is 29.5 Å². The van der Waals surface area contributed by atoms with Gasteiger partial charge in [-0.2, -0.15) is 5.10 Å². The first kappa shape index (κ1) is 20.3. The first-order chi connectivity index (χ1) is 13.8. The second-order valence-corrected chi connectivity index (χ2v) is 7.20. The SMILES string of the molecule is Cc1ccc(-c2nn(-c3ccccc3)cc2CN(C)C(=O)CCC(=O)[O-])cc1C. The second kappa shape index (κ2) is 8.73. The average molecular weight is 390 g/mol. The first-order valence-electron chi connectivity index (χ1n) is 9.50. The molecule has 0 unspecified atom stereocenters. The minimum absolute atomic E-state index is 0.0787. The standard InChI is InChI=1S/C23H25N3O3/c1-16-9-10-18(13-17(16)2)23-19(14-25(3)21(27)11-12-22(28)29)15-26(24-23)20-7-5-4-6-8-20/h4-10,13,15H,11-12,14H2,1-3H3,(H,28,29)/p-1. The molecule has 0 bridgehead atoms. The maximum Gasteiger partial charge on any atom is 0.222 e. The molecule has 0 fully saturated rings. The molecule has 3 rings (SSSR count). The van der Waals surface area contributed by atoms with E-state index >= 15 is 0 Å². The van der Waals surface area contributed by atoms with Crippen LogP contribution in [0.4, 0.5) is 0 Å². The summed E-state index contributed by atoms with van der Waals surface area (Å²) < 4.78 is 1.80. The van der Waals surface area contributed by atoms with Crippen LogP contribution in [0, 0.1) is 13.8 Å². The topological polar surface area (TPSA) is 78.3 Å². The number of carboxylic acids is 1. The van der Waals surface area contributed by atoms with Gasteiger partial charge >= 0.3 is 0 Å². The van der Waals surface area contributed by atoms with Gasteiger partial charge in [0.15, 0.2) is 0 Å². The number of aromatic nitrogens is 2. The highest BCUT2D eigenvalue weighted by atomic mass is 16.4. The second-order valence-electron chi connectivity index (χ2n) is 7.20. The Hall–Kier alpha value is -3.41. The summed E-state index contributed by atoms with van der Waals surface area (Å²) in [5, 5.41) is 15.4. The summed E-state index contributed by atoms with van der Waals surface area (Å²) in [6, 6.07) is 16.0. The van der Waals surface area contributed by atoms with E-state index in [1.807, 2.05) is 42.6 Å². The number of carboxylic acid groups (broad SMARTS) is 1. The Kier molecular flexibility index (Phi) is 6.12. The molecule has 1 aromatic heterocycles. The zero-order valence-electron chi connectivity index (χ0n) is 16.9. The van der Waals surface area contributed by atoms with Gasteiger partial charge in [0.05, 0.1) is 11.4 Å². The van der Waals surface area contributed by atoms with Gasteiger partial charge in [0, 0.05) is 43.3 Å². The van der Waals surface area contributed by atoms with Crippen LogP contribution in [-0.2, 0) is 16.1 Å². The highest BCUT2D eigenvalue weighted by molar-refractivity contribution is 5.80. The predicted octanol–water partition coefficient (Wildman–Crippen LogP) is 2.64. The van der Waals surface area contributed by atoms with Gasteiger partial charge in [-0.1, -0.05) is 30.3 Å². The van der Waals surface area contributed by atoms with Crippen LogP contribution >= 0.6 is 0 Å². The molecule has 29 heavy (non-hydrogen) atoms. The Balaban J connectivity index is 1.95. The quantitative estimate of drug-likeness (QED) is 0.621. The van der Waals surface area contributed by atoms with Crippen LogP contribution in [0.25, 0.3) is 16.9 Å². The molecule has 0 N–H and O–H groups in total. The molecule has 1 heterocycles.